The maximum atomic E-state index is 12.2. The molecule has 3 rings (SSSR count). The van der Waals surface area contributed by atoms with Crippen LogP contribution in [-0.4, -0.2) is 30.2 Å². The molecule has 0 saturated carbocycles. The molecule has 1 unspecified atom stereocenters. The zero-order valence-corrected chi connectivity index (χ0v) is 15.2. The standard InChI is InChI=1S/C21H23NO5/c1-14-5-2-3-6-17(14)26-11-4-7-19(23)22-20(21(24)25)16-8-9-18-15(13-16)10-12-27-18/h2-3,5-6,8-9,13,20H,4,7,10-12H2,1H3,(H,22,23)(H,24,25). The van der Waals surface area contributed by atoms with E-state index in [-0.39, 0.29) is 12.3 Å². The van der Waals surface area contributed by atoms with Crippen molar-refractivity contribution in [2.24, 2.45) is 0 Å². The normalized spacial score (nSPS) is 13.4. The van der Waals surface area contributed by atoms with Crippen LogP contribution in [0.15, 0.2) is 42.5 Å². The van der Waals surface area contributed by atoms with Crippen molar-refractivity contribution in [1.29, 1.82) is 0 Å². The lowest BCUT2D eigenvalue weighted by Crippen LogP contribution is -2.33. The Labute approximate surface area is 158 Å². The molecule has 0 bridgehead atoms. The van der Waals surface area contributed by atoms with Gasteiger partial charge in [0.25, 0.3) is 0 Å². The lowest BCUT2D eigenvalue weighted by atomic mass is 10.0. The van der Waals surface area contributed by atoms with Crippen LogP contribution in [0.1, 0.15) is 35.6 Å². The van der Waals surface area contributed by atoms with Crippen molar-refractivity contribution in [2.75, 3.05) is 13.2 Å². The van der Waals surface area contributed by atoms with Crippen LogP contribution >= 0.6 is 0 Å². The second-order valence-electron chi connectivity index (χ2n) is 6.52. The Morgan fingerprint density at radius 3 is 2.85 bits per heavy atom. The van der Waals surface area contributed by atoms with Gasteiger partial charge in [0.15, 0.2) is 6.04 Å². The Morgan fingerprint density at radius 2 is 2.07 bits per heavy atom. The molecule has 1 aliphatic rings. The molecule has 1 aliphatic heterocycles. The Kier molecular flexibility index (Phi) is 5.96. The van der Waals surface area contributed by atoms with Crippen molar-refractivity contribution in [3.8, 4) is 11.5 Å². The molecule has 2 aromatic carbocycles. The molecule has 1 atom stereocenters. The van der Waals surface area contributed by atoms with Gasteiger partial charge in [0.2, 0.25) is 5.91 Å². The zero-order valence-electron chi connectivity index (χ0n) is 15.2. The molecule has 2 aromatic rings. The minimum absolute atomic E-state index is 0.198. The van der Waals surface area contributed by atoms with Crippen molar-refractivity contribution < 1.29 is 24.2 Å². The van der Waals surface area contributed by atoms with E-state index in [0.717, 1.165) is 29.0 Å². The van der Waals surface area contributed by atoms with Gasteiger partial charge in [-0.15, -0.1) is 0 Å². The van der Waals surface area contributed by atoms with Gasteiger partial charge in [-0.25, -0.2) is 4.79 Å². The number of hydrogen-bond donors (Lipinski definition) is 2. The second kappa shape index (κ2) is 8.58. The van der Waals surface area contributed by atoms with Gasteiger partial charge in [0, 0.05) is 12.8 Å². The third-order valence-electron chi connectivity index (χ3n) is 4.50. The number of fused-ring (bicyclic) bond motifs is 1. The van der Waals surface area contributed by atoms with Crippen LogP contribution in [0.3, 0.4) is 0 Å². The Bertz CT molecular complexity index is 833. The van der Waals surface area contributed by atoms with Crippen LogP contribution in [0.4, 0.5) is 0 Å². The van der Waals surface area contributed by atoms with Crippen LogP contribution in [-0.2, 0) is 16.0 Å². The zero-order chi connectivity index (χ0) is 19.2. The lowest BCUT2D eigenvalue weighted by molar-refractivity contribution is -0.142. The molecular weight excluding hydrogens is 346 g/mol. The molecule has 0 aliphatic carbocycles. The van der Waals surface area contributed by atoms with E-state index in [2.05, 4.69) is 5.32 Å². The number of rotatable bonds is 8. The molecule has 1 heterocycles. The number of aliphatic carboxylic acids is 1. The minimum Gasteiger partial charge on any atom is -0.493 e. The first kappa shape index (κ1) is 18.8. The second-order valence-corrected chi connectivity index (χ2v) is 6.52. The maximum Gasteiger partial charge on any atom is 0.330 e. The average Bonchev–Trinajstić information content (AvgIpc) is 3.12. The van der Waals surface area contributed by atoms with E-state index in [1.807, 2.05) is 31.2 Å². The van der Waals surface area contributed by atoms with E-state index >= 15 is 0 Å². The van der Waals surface area contributed by atoms with Crippen LogP contribution in [0.25, 0.3) is 0 Å². The van der Waals surface area contributed by atoms with Gasteiger partial charge in [-0.3, -0.25) is 4.79 Å². The van der Waals surface area contributed by atoms with Gasteiger partial charge in [-0.2, -0.15) is 0 Å². The molecule has 0 fully saturated rings. The molecule has 142 valence electrons. The highest BCUT2D eigenvalue weighted by Crippen LogP contribution is 2.28. The summed E-state index contributed by atoms with van der Waals surface area (Å²) in [6, 6.07) is 11.8. The summed E-state index contributed by atoms with van der Waals surface area (Å²) in [5, 5.41) is 12.1. The number of para-hydroxylation sites is 1. The first-order valence-corrected chi connectivity index (χ1v) is 9.01. The number of amides is 1. The summed E-state index contributed by atoms with van der Waals surface area (Å²) in [6.45, 7) is 2.96. The highest BCUT2D eigenvalue weighted by atomic mass is 16.5. The van der Waals surface area contributed by atoms with Gasteiger partial charge >= 0.3 is 5.97 Å². The smallest absolute Gasteiger partial charge is 0.330 e. The predicted molar refractivity (Wildman–Crippen MR) is 100 cm³/mol. The largest absolute Gasteiger partial charge is 0.493 e. The number of carbonyl (C=O) groups is 2. The number of nitrogens with one attached hydrogen (secondary N) is 1. The first-order chi connectivity index (χ1) is 13.0. The molecule has 2 N–H and O–H groups in total. The van der Waals surface area contributed by atoms with Gasteiger partial charge in [-0.1, -0.05) is 24.3 Å². The van der Waals surface area contributed by atoms with Crippen molar-refractivity contribution in [3.63, 3.8) is 0 Å². The van der Waals surface area contributed by atoms with Crippen LogP contribution in [0, 0.1) is 6.92 Å². The quantitative estimate of drug-likeness (QED) is 0.699. The van der Waals surface area contributed by atoms with E-state index in [4.69, 9.17) is 9.47 Å². The number of carboxylic acid groups (broad SMARTS) is 1. The lowest BCUT2D eigenvalue weighted by Gasteiger charge is -2.16. The molecular formula is C21H23NO5. The van der Waals surface area contributed by atoms with E-state index < -0.39 is 12.0 Å². The summed E-state index contributed by atoms with van der Waals surface area (Å²) in [6.07, 6.45) is 1.45. The van der Waals surface area contributed by atoms with Crippen molar-refractivity contribution in [2.45, 2.75) is 32.2 Å². The monoisotopic (exact) mass is 369 g/mol. The highest BCUT2D eigenvalue weighted by Gasteiger charge is 2.24. The van der Waals surface area contributed by atoms with Crippen molar-refractivity contribution in [1.82, 2.24) is 5.32 Å². The molecule has 27 heavy (non-hydrogen) atoms. The Hall–Kier alpha value is -3.02. The maximum absolute atomic E-state index is 12.2. The molecule has 1 amide bonds. The predicted octanol–water partition coefficient (Wildman–Crippen LogP) is 3.03. The Morgan fingerprint density at radius 1 is 1.26 bits per heavy atom. The third kappa shape index (κ3) is 4.78. The van der Waals surface area contributed by atoms with E-state index in [1.165, 1.54) is 0 Å². The minimum atomic E-state index is -1.08. The molecule has 6 nitrogen and oxygen atoms in total. The summed E-state index contributed by atoms with van der Waals surface area (Å²) < 4.78 is 11.1. The first-order valence-electron chi connectivity index (χ1n) is 9.01. The number of hydrogen-bond acceptors (Lipinski definition) is 4. The average molecular weight is 369 g/mol. The number of benzene rings is 2. The van der Waals surface area contributed by atoms with E-state index in [9.17, 15) is 14.7 Å². The Balaban J connectivity index is 1.52. The number of aryl methyl sites for hydroxylation is 1. The molecule has 0 spiro atoms. The fourth-order valence-electron chi connectivity index (χ4n) is 3.04. The summed E-state index contributed by atoms with van der Waals surface area (Å²) in [7, 11) is 0. The highest BCUT2D eigenvalue weighted by molar-refractivity contribution is 5.84. The summed E-state index contributed by atoms with van der Waals surface area (Å²) in [4.78, 5) is 23.8. The van der Waals surface area contributed by atoms with Gasteiger partial charge < -0.3 is 19.9 Å². The van der Waals surface area contributed by atoms with Crippen LogP contribution in [0.5, 0.6) is 11.5 Å². The van der Waals surface area contributed by atoms with Crippen LogP contribution in [0.2, 0.25) is 0 Å². The summed E-state index contributed by atoms with van der Waals surface area (Å²) >= 11 is 0. The molecule has 6 heteroatoms. The number of carboxylic acids is 1. The third-order valence-corrected chi connectivity index (χ3v) is 4.50. The number of carbonyl (C=O) groups excluding carboxylic acids is 1. The van der Waals surface area contributed by atoms with Crippen molar-refractivity contribution >= 4 is 11.9 Å². The van der Waals surface area contributed by atoms with E-state index in [0.29, 0.717) is 25.2 Å². The van der Waals surface area contributed by atoms with Gasteiger partial charge in [0.05, 0.1) is 13.2 Å². The van der Waals surface area contributed by atoms with Crippen LogP contribution < -0.4 is 14.8 Å². The fourth-order valence-corrected chi connectivity index (χ4v) is 3.04. The summed E-state index contributed by atoms with van der Waals surface area (Å²) in [5.74, 6) is 0.176. The van der Waals surface area contributed by atoms with Gasteiger partial charge in [-0.05, 0) is 48.2 Å². The molecule has 0 radical (unpaired) electrons. The molecule has 0 aromatic heterocycles. The number of ether oxygens (including phenoxy) is 2. The topological polar surface area (TPSA) is 84.9 Å². The fraction of sp³-hybridized carbons (Fsp3) is 0.333. The van der Waals surface area contributed by atoms with E-state index in [1.54, 1.807) is 18.2 Å². The SMILES string of the molecule is Cc1ccccc1OCCCC(=O)NC(C(=O)O)c1ccc2c(c1)CCO2. The van der Waals surface area contributed by atoms with Gasteiger partial charge in [0.1, 0.15) is 11.5 Å². The summed E-state index contributed by atoms with van der Waals surface area (Å²) in [5.41, 5.74) is 2.56. The molecule has 0 saturated heterocycles. The van der Waals surface area contributed by atoms with Crippen molar-refractivity contribution in [3.05, 3.63) is 59.2 Å².